The summed E-state index contributed by atoms with van der Waals surface area (Å²) in [5, 5.41) is 0. The molecule has 10 heteroatoms. The second-order valence-corrected chi connectivity index (χ2v) is 9.71. The fraction of sp³-hybridized carbons (Fsp3) is 0.609. The van der Waals surface area contributed by atoms with E-state index in [1.54, 1.807) is 13.3 Å². The van der Waals surface area contributed by atoms with E-state index in [0.29, 0.717) is 35.1 Å². The number of anilines is 2. The molecular formula is C23H28F2N6O2. The van der Waals surface area contributed by atoms with Gasteiger partial charge in [0.15, 0.2) is 11.6 Å². The van der Waals surface area contributed by atoms with Gasteiger partial charge in [0.1, 0.15) is 0 Å². The predicted molar refractivity (Wildman–Crippen MR) is 118 cm³/mol. The quantitative estimate of drug-likeness (QED) is 0.646. The van der Waals surface area contributed by atoms with E-state index in [1.165, 1.54) is 18.9 Å². The number of rotatable bonds is 8. The maximum Gasteiger partial charge on any atom is 0.387 e. The Morgan fingerprint density at radius 1 is 1.15 bits per heavy atom. The Morgan fingerprint density at radius 2 is 1.94 bits per heavy atom. The zero-order chi connectivity index (χ0) is 22.7. The van der Waals surface area contributed by atoms with Crippen molar-refractivity contribution in [2.45, 2.75) is 31.4 Å². The van der Waals surface area contributed by atoms with Crippen molar-refractivity contribution < 1.29 is 18.3 Å². The lowest BCUT2D eigenvalue weighted by Gasteiger charge is -2.26. The van der Waals surface area contributed by atoms with Gasteiger partial charge in [0.25, 0.3) is 0 Å². The smallest absolute Gasteiger partial charge is 0.387 e. The number of nitrogens with two attached hydrogens (primary N) is 1. The monoisotopic (exact) mass is 458 g/mol. The number of alkyl halides is 2. The number of ether oxygens (including phenoxy) is 2. The van der Waals surface area contributed by atoms with Gasteiger partial charge in [0.05, 0.1) is 18.0 Å². The van der Waals surface area contributed by atoms with Crippen LogP contribution < -0.4 is 15.4 Å². The summed E-state index contributed by atoms with van der Waals surface area (Å²) in [4.78, 5) is 18.7. The first-order chi connectivity index (χ1) is 16.0. The van der Waals surface area contributed by atoms with Crippen LogP contribution in [-0.4, -0.2) is 72.4 Å². The number of fused-ring (bicyclic) bond motifs is 2. The largest absolute Gasteiger partial charge is 0.431 e. The van der Waals surface area contributed by atoms with Crippen molar-refractivity contribution in [2.75, 3.05) is 50.5 Å². The van der Waals surface area contributed by atoms with E-state index in [0.717, 1.165) is 50.3 Å². The van der Waals surface area contributed by atoms with Crippen LogP contribution in [0.4, 0.5) is 20.5 Å². The predicted octanol–water partition coefficient (Wildman–Crippen LogP) is 2.61. The highest BCUT2D eigenvalue weighted by Gasteiger charge is 2.57. The molecule has 7 rings (SSSR count). The number of methoxy groups -OCH3 is 1. The molecule has 5 aliphatic rings. The van der Waals surface area contributed by atoms with Gasteiger partial charge in [-0.05, 0) is 42.7 Å². The molecule has 2 saturated carbocycles. The fourth-order valence-electron chi connectivity index (χ4n) is 5.92. The molecule has 33 heavy (non-hydrogen) atoms. The molecule has 0 amide bonds. The number of aromatic nitrogens is 3. The Labute approximate surface area is 191 Å². The Bertz CT molecular complexity index is 1040. The normalized spacial score (nSPS) is 29.9. The summed E-state index contributed by atoms with van der Waals surface area (Å²) in [6, 6.07) is 3.99. The lowest BCUT2D eigenvalue weighted by Crippen LogP contribution is -2.30. The van der Waals surface area contributed by atoms with E-state index >= 15 is 0 Å². The second kappa shape index (κ2) is 8.02. The minimum absolute atomic E-state index is 0.0678. The lowest BCUT2D eigenvalue weighted by atomic mass is 9.86. The lowest BCUT2D eigenvalue weighted by molar-refractivity contribution is -0.0494. The Morgan fingerprint density at radius 3 is 2.61 bits per heavy atom. The zero-order valence-electron chi connectivity index (χ0n) is 18.5. The summed E-state index contributed by atoms with van der Waals surface area (Å²) in [5.74, 6) is 2.84. The minimum Gasteiger partial charge on any atom is -0.431 e. The molecule has 8 nitrogen and oxygen atoms in total. The first-order valence-corrected chi connectivity index (χ1v) is 11.6. The SMILES string of the molecule is COCCN1C[C@@H]2C(c3cc(-c4cnc(N)c(OC(F)F)c4)nc(N4CC5CC4C5)n3)[C@@H]2C1. The molecule has 5 fully saturated rings. The Kier molecular flexibility index (Phi) is 5.10. The highest BCUT2D eigenvalue weighted by atomic mass is 19.3. The summed E-state index contributed by atoms with van der Waals surface area (Å²) < 4.78 is 35.4. The highest BCUT2D eigenvalue weighted by molar-refractivity contribution is 5.66. The molecule has 2 bridgehead atoms. The molecule has 0 radical (unpaired) electrons. The maximum atomic E-state index is 12.8. The van der Waals surface area contributed by atoms with Crippen LogP contribution in [0.1, 0.15) is 24.5 Å². The minimum atomic E-state index is -2.97. The molecule has 2 N–H and O–H groups in total. The molecule has 0 aromatic carbocycles. The summed E-state index contributed by atoms with van der Waals surface area (Å²) in [5.41, 5.74) is 8.05. The first-order valence-electron chi connectivity index (χ1n) is 11.6. The zero-order valence-corrected chi connectivity index (χ0v) is 18.5. The molecule has 2 aliphatic carbocycles. The average Bonchev–Trinajstić information content (AvgIpc) is 3.16. The number of hydrogen-bond acceptors (Lipinski definition) is 8. The number of halogens is 2. The molecule has 2 aromatic rings. The van der Waals surface area contributed by atoms with Gasteiger partial charge in [-0.15, -0.1) is 0 Å². The van der Waals surface area contributed by atoms with Crippen LogP contribution in [0.3, 0.4) is 0 Å². The van der Waals surface area contributed by atoms with Crippen LogP contribution in [0, 0.1) is 17.8 Å². The first kappa shape index (κ1) is 21.0. The molecule has 3 saturated heterocycles. The van der Waals surface area contributed by atoms with E-state index in [9.17, 15) is 8.78 Å². The molecule has 0 spiro atoms. The van der Waals surface area contributed by atoms with E-state index in [2.05, 4.69) is 19.5 Å². The van der Waals surface area contributed by atoms with Gasteiger partial charge in [-0.2, -0.15) is 8.78 Å². The summed E-state index contributed by atoms with van der Waals surface area (Å²) in [6.07, 6.45) is 3.96. The van der Waals surface area contributed by atoms with E-state index < -0.39 is 6.61 Å². The third kappa shape index (κ3) is 3.78. The molecule has 1 unspecified atom stereocenters. The van der Waals surface area contributed by atoms with Crippen molar-refractivity contribution in [3.8, 4) is 17.0 Å². The van der Waals surface area contributed by atoms with Gasteiger partial charge in [-0.25, -0.2) is 15.0 Å². The maximum absolute atomic E-state index is 12.8. The van der Waals surface area contributed by atoms with Crippen LogP contribution in [0.25, 0.3) is 11.3 Å². The number of hydrogen-bond donors (Lipinski definition) is 1. The number of nitrogens with zero attached hydrogens (tertiary/aromatic N) is 5. The van der Waals surface area contributed by atoms with Crippen LogP contribution in [-0.2, 0) is 4.74 Å². The van der Waals surface area contributed by atoms with Crippen molar-refractivity contribution >= 4 is 11.8 Å². The van der Waals surface area contributed by atoms with Gasteiger partial charge in [0, 0.05) is 57.0 Å². The molecule has 3 atom stereocenters. The standard InChI is InChI=1S/C23H28F2N6O2/c1-32-3-2-30-10-15-16(11-30)20(15)18-7-17(13-6-19(33-22(24)25)21(26)27-8-13)28-23(29-18)31-9-12-4-14(31)5-12/h6-8,12,14-16,20,22H,2-5,9-11H2,1H3,(H2,26,27)/t12?,14?,15-,16+,20?. The third-order valence-electron chi connectivity index (χ3n) is 7.71. The van der Waals surface area contributed by atoms with E-state index in [4.69, 9.17) is 20.4 Å². The summed E-state index contributed by atoms with van der Waals surface area (Å²) in [6.45, 7) is 1.82. The number of nitrogen functional groups attached to an aromatic ring is 1. The molecule has 3 aliphatic heterocycles. The topological polar surface area (TPSA) is 89.6 Å². The number of likely N-dealkylation sites (tertiary alicyclic amines) is 1. The number of pyridine rings is 1. The van der Waals surface area contributed by atoms with Crippen LogP contribution >= 0.6 is 0 Å². The molecular weight excluding hydrogens is 430 g/mol. The van der Waals surface area contributed by atoms with E-state index in [-0.39, 0.29) is 11.6 Å². The van der Waals surface area contributed by atoms with Crippen molar-refractivity contribution in [1.29, 1.82) is 0 Å². The Hall–Kier alpha value is -2.59. The van der Waals surface area contributed by atoms with Crippen molar-refractivity contribution in [2.24, 2.45) is 17.8 Å². The fourth-order valence-corrected chi connectivity index (χ4v) is 5.92. The van der Waals surface area contributed by atoms with Gasteiger partial charge in [-0.3, -0.25) is 0 Å². The average molecular weight is 459 g/mol. The summed E-state index contributed by atoms with van der Waals surface area (Å²) in [7, 11) is 1.73. The number of piperidine rings is 1. The molecule has 5 heterocycles. The van der Waals surface area contributed by atoms with E-state index in [1.807, 2.05) is 6.07 Å². The van der Waals surface area contributed by atoms with Crippen LogP contribution in [0.2, 0.25) is 0 Å². The molecule has 2 aromatic heterocycles. The summed E-state index contributed by atoms with van der Waals surface area (Å²) >= 11 is 0. The van der Waals surface area contributed by atoms with Gasteiger partial charge in [-0.1, -0.05) is 0 Å². The Balaban J connectivity index is 1.31. The van der Waals surface area contributed by atoms with Gasteiger partial charge in [0.2, 0.25) is 5.95 Å². The van der Waals surface area contributed by atoms with Crippen LogP contribution in [0.5, 0.6) is 5.75 Å². The van der Waals surface area contributed by atoms with Crippen molar-refractivity contribution in [3.63, 3.8) is 0 Å². The van der Waals surface area contributed by atoms with Crippen molar-refractivity contribution in [3.05, 3.63) is 24.0 Å². The highest BCUT2D eigenvalue weighted by Crippen LogP contribution is 2.58. The van der Waals surface area contributed by atoms with Crippen LogP contribution in [0.15, 0.2) is 18.3 Å². The third-order valence-corrected chi connectivity index (χ3v) is 7.71. The van der Waals surface area contributed by atoms with Gasteiger partial charge < -0.3 is 25.0 Å². The van der Waals surface area contributed by atoms with Crippen molar-refractivity contribution in [1.82, 2.24) is 19.9 Å². The van der Waals surface area contributed by atoms with Gasteiger partial charge >= 0.3 is 6.61 Å². The second-order valence-electron chi connectivity index (χ2n) is 9.71. The molecule has 176 valence electrons.